The molecule has 1 heterocycles. The van der Waals surface area contributed by atoms with Crippen molar-refractivity contribution in [2.75, 3.05) is 5.32 Å². The van der Waals surface area contributed by atoms with Gasteiger partial charge in [0.15, 0.2) is 0 Å². The van der Waals surface area contributed by atoms with Crippen molar-refractivity contribution in [3.05, 3.63) is 50.3 Å². The lowest BCUT2D eigenvalue weighted by atomic mass is 9.46. The molecule has 6 nitrogen and oxygen atoms in total. The van der Waals surface area contributed by atoms with Crippen LogP contribution >= 0.6 is 27.5 Å². The highest BCUT2D eigenvalue weighted by Crippen LogP contribution is 2.65. The van der Waals surface area contributed by atoms with Crippen LogP contribution in [-0.4, -0.2) is 20.9 Å². The quantitative estimate of drug-likeness (QED) is 0.601. The van der Waals surface area contributed by atoms with Gasteiger partial charge in [-0.1, -0.05) is 27.5 Å². The number of hydrogen-bond donors (Lipinski definition) is 2. The summed E-state index contributed by atoms with van der Waals surface area (Å²) in [5.74, 6) is 0.164. The molecule has 2 N–H and O–H groups in total. The van der Waals surface area contributed by atoms with Gasteiger partial charge in [0.25, 0.3) is 5.56 Å². The second-order valence-corrected chi connectivity index (χ2v) is 10.8. The summed E-state index contributed by atoms with van der Waals surface area (Å²) in [6.45, 7) is 0. The number of rotatable bonds is 5. The fourth-order valence-electron chi connectivity index (χ4n) is 6.72. The van der Waals surface area contributed by atoms with Crippen molar-refractivity contribution >= 4 is 44.9 Å². The third kappa shape index (κ3) is 3.36. The third-order valence-electron chi connectivity index (χ3n) is 7.17. The van der Waals surface area contributed by atoms with E-state index in [1.807, 2.05) is 24.3 Å². The molecule has 2 aromatic rings. The Morgan fingerprint density at radius 3 is 2.53 bits per heavy atom. The molecule has 1 aromatic carbocycles. The van der Waals surface area contributed by atoms with Crippen molar-refractivity contribution in [3.8, 4) is 0 Å². The van der Waals surface area contributed by atoms with E-state index in [1.165, 1.54) is 0 Å². The van der Waals surface area contributed by atoms with Crippen LogP contribution in [0.5, 0.6) is 0 Å². The van der Waals surface area contributed by atoms with Gasteiger partial charge in [0.05, 0.1) is 23.8 Å². The minimum absolute atomic E-state index is 0.121. The maximum absolute atomic E-state index is 13.3. The molecule has 4 aliphatic rings. The van der Waals surface area contributed by atoms with Crippen molar-refractivity contribution in [2.24, 2.45) is 17.3 Å². The Kier molecular flexibility index (Phi) is 4.74. The lowest BCUT2D eigenvalue weighted by Gasteiger charge is -2.61. The van der Waals surface area contributed by atoms with E-state index in [-0.39, 0.29) is 22.4 Å². The molecular weight excluding hydrogens is 470 g/mol. The van der Waals surface area contributed by atoms with Crippen LogP contribution in [0.4, 0.5) is 11.4 Å². The Morgan fingerprint density at radius 1 is 1.23 bits per heavy atom. The molecule has 0 spiro atoms. The lowest BCUT2D eigenvalue weighted by Crippen LogP contribution is -2.59. The van der Waals surface area contributed by atoms with Gasteiger partial charge in [0.2, 0.25) is 0 Å². The predicted octanol–water partition coefficient (Wildman–Crippen LogP) is 5.17. The van der Waals surface area contributed by atoms with Gasteiger partial charge in [0, 0.05) is 10.2 Å². The molecule has 1 aromatic heterocycles. The zero-order valence-electron chi connectivity index (χ0n) is 16.4. The van der Waals surface area contributed by atoms with Crippen molar-refractivity contribution in [1.82, 2.24) is 9.78 Å². The van der Waals surface area contributed by atoms with Gasteiger partial charge in [-0.3, -0.25) is 9.59 Å². The van der Waals surface area contributed by atoms with Gasteiger partial charge in [-0.15, -0.1) is 0 Å². The minimum atomic E-state index is -0.750. The zero-order valence-corrected chi connectivity index (χ0v) is 18.7. The molecule has 6 rings (SSSR count). The Bertz CT molecular complexity index is 1050. The smallest absolute Gasteiger partial charge is 0.303 e. The summed E-state index contributed by atoms with van der Waals surface area (Å²) < 4.78 is 2.54. The van der Waals surface area contributed by atoms with E-state index in [2.05, 4.69) is 26.3 Å². The van der Waals surface area contributed by atoms with Gasteiger partial charge in [0.1, 0.15) is 5.02 Å². The topological polar surface area (TPSA) is 84.2 Å². The standard InChI is InChI=1S/C22H23BrClN3O3/c23-15-1-3-16(4-2-15)26-17-11-25-27(20(30)19(17)24)22-8-13-5-14(9-22)7-21(6-13,12-22)10-18(28)29/h1-4,11,13-14,26H,5-10,12H2,(H,28,29)/t13-,14+,21?,22?. The number of halogens is 2. The Morgan fingerprint density at radius 2 is 1.90 bits per heavy atom. The largest absolute Gasteiger partial charge is 0.481 e. The minimum Gasteiger partial charge on any atom is -0.481 e. The number of aromatic nitrogens is 2. The van der Waals surface area contributed by atoms with Crippen LogP contribution < -0.4 is 10.9 Å². The molecule has 2 unspecified atom stereocenters. The molecule has 30 heavy (non-hydrogen) atoms. The third-order valence-corrected chi connectivity index (χ3v) is 8.06. The molecular formula is C22H23BrClN3O3. The fraction of sp³-hybridized carbons (Fsp3) is 0.500. The Hall–Kier alpha value is -1.86. The second-order valence-electron chi connectivity index (χ2n) is 9.48. The summed E-state index contributed by atoms with van der Waals surface area (Å²) in [5, 5.41) is 17.3. The average molecular weight is 493 g/mol. The summed E-state index contributed by atoms with van der Waals surface area (Å²) in [6.07, 6.45) is 7.28. The number of aliphatic carboxylic acids is 1. The lowest BCUT2D eigenvalue weighted by molar-refractivity contribution is -0.151. The van der Waals surface area contributed by atoms with Crippen LogP contribution in [0, 0.1) is 17.3 Å². The highest BCUT2D eigenvalue weighted by molar-refractivity contribution is 9.10. The first-order valence-electron chi connectivity index (χ1n) is 10.3. The van der Waals surface area contributed by atoms with Crippen LogP contribution in [-0.2, 0) is 10.3 Å². The SMILES string of the molecule is O=C(O)CC12C[C@H]3C[C@@H](C1)CC(n1ncc(Nc4ccc(Br)cc4)c(Cl)c1=O)(C3)C2. The van der Waals surface area contributed by atoms with E-state index in [0.717, 1.165) is 42.3 Å². The van der Waals surface area contributed by atoms with E-state index in [0.29, 0.717) is 23.9 Å². The average Bonchev–Trinajstić information content (AvgIpc) is 2.65. The number of anilines is 2. The maximum Gasteiger partial charge on any atom is 0.303 e. The zero-order chi connectivity index (χ0) is 21.1. The summed E-state index contributed by atoms with van der Waals surface area (Å²) >= 11 is 9.91. The number of hydrogen-bond acceptors (Lipinski definition) is 4. The van der Waals surface area contributed by atoms with Crippen LogP contribution in [0.2, 0.25) is 5.02 Å². The maximum atomic E-state index is 13.3. The highest BCUT2D eigenvalue weighted by Gasteiger charge is 2.59. The van der Waals surface area contributed by atoms with Crippen LogP contribution in [0.1, 0.15) is 44.9 Å². The molecule has 4 bridgehead atoms. The summed E-state index contributed by atoms with van der Waals surface area (Å²) in [4.78, 5) is 24.8. The first kappa shape index (κ1) is 20.1. The van der Waals surface area contributed by atoms with Gasteiger partial charge in [-0.2, -0.15) is 5.10 Å². The van der Waals surface area contributed by atoms with Crippen molar-refractivity contribution < 1.29 is 9.90 Å². The number of nitrogens with one attached hydrogen (secondary N) is 1. The molecule has 4 atom stereocenters. The van der Waals surface area contributed by atoms with Crippen LogP contribution in [0.25, 0.3) is 0 Å². The first-order chi connectivity index (χ1) is 14.3. The van der Waals surface area contributed by atoms with Crippen LogP contribution in [0.3, 0.4) is 0 Å². The molecule has 8 heteroatoms. The number of carboxylic acid groups (broad SMARTS) is 1. The molecule has 0 amide bonds. The number of carbonyl (C=O) groups is 1. The first-order valence-corrected chi connectivity index (χ1v) is 11.5. The molecule has 0 saturated heterocycles. The van der Waals surface area contributed by atoms with E-state index in [9.17, 15) is 14.7 Å². The normalized spacial score (nSPS) is 31.7. The van der Waals surface area contributed by atoms with Crippen molar-refractivity contribution in [2.45, 2.75) is 50.5 Å². The number of carboxylic acids is 1. The second kappa shape index (κ2) is 7.09. The Labute approximate surface area is 187 Å². The molecule has 0 radical (unpaired) electrons. The monoisotopic (exact) mass is 491 g/mol. The molecule has 4 aliphatic carbocycles. The van der Waals surface area contributed by atoms with E-state index in [4.69, 9.17) is 11.6 Å². The Balaban J connectivity index is 1.50. The van der Waals surface area contributed by atoms with Crippen molar-refractivity contribution in [3.63, 3.8) is 0 Å². The van der Waals surface area contributed by atoms with E-state index < -0.39 is 11.5 Å². The molecule has 4 saturated carbocycles. The molecule has 4 fully saturated rings. The summed E-state index contributed by atoms with van der Waals surface area (Å²) in [5.41, 5.74) is 0.347. The summed E-state index contributed by atoms with van der Waals surface area (Å²) in [7, 11) is 0. The number of nitrogens with zero attached hydrogens (tertiary/aromatic N) is 2. The van der Waals surface area contributed by atoms with Gasteiger partial charge >= 0.3 is 5.97 Å². The fourth-order valence-corrected chi connectivity index (χ4v) is 7.16. The van der Waals surface area contributed by atoms with Gasteiger partial charge < -0.3 is 10.4 Å². The van der Waals surface area contributed by atoms with Gasteiger partial charge in [-0.25, -0.2) is 4.68 Å². The van der Waals surface area contributed by atoms with E-state index >= 15 is 0 Å². The van der Waals surface area contributed by atoms with Gasteiger partial charge in [-0.05, 0) is 80.0 Å². The van der Waals surface area contributed by atoms with Crippen LogP contribution in [0.15, 0.2) is 39.7 Å². The van der Waals surface area contributed by atoms with Crippen molar-refractivity contribution in [1.29, 1.82) is 0 Å². The predicted molar refractivity (Wildman–Crippen MR) is 118 cm³/mol. The van der Waals surface area contributed by atoms with E-state index in [1.54, 1.807) is 10.9 Å². The molecule has 158 valence electrons. The summed E-state index contributed by atoms with van der Waals surface area (Å²) in [6, 6.07) is 7.59. The number of benzene rings is 1. The highest BCUT2D eigenvalue weighted by atomic mass is 79.9. The molecule has 0 aliphatic heterocycles.